The normalized spacial score (nSPS) is 16.5. The van der Waals surface area contributed by atoms with E-state index in [1.807, 2.05) is 66.7 Å². The van der Waals surface area contributed by atoms with E-state index in [4.69, 9.17) is 9.98 Å². The molecule has 4 nitrogen and oxygen atoms in total. The highest BCUT2D eigenvalue weighted by Gasteiger charge is 2.29. The summed E-state index contributed by atoms with van der Waals surface area (Å²) < 4.78 is 0. The molecule has 1 aliphatic carbocycles. The summed E-state index contributed by atoms with van der Waals surface area (Å²) in [4.78, 5) is 16.5. The van der Waals surface area contributed by atoms with Gasteiger partial charge in [0.1, 0.15) is 0 Å². The van der Waals surface area contributed by atoms with Crippen LogP contribution in [-0.4, -0.2) is 18.4 Å². The van der Waals surface area contributed by atoms with Gasteiger partial charge in [-0.1, -0.05) is 172 Å². The van der Waals surface area contributed by atoms with Crippen molar-refractivity contribution in [1.82, 2.24) is 0 Å². The number of allylic oxidation sites excluding steroid dienone is 7. The molecule has 0 saturated heterocycles. The Bertz CT molecular complexity index is 2960. The molecule has 0 saturated carbocycles. The molecule has 1 atom stereocenters. The predicted molar refractivity (Wildman–Crippen MR) is 271 cm³/mol. The Balaban J connectivity index is 0.000000540. The Morgan fingerprint density at radius 1 is 0.667 bits per heavy atom. The number of rotatable bonds is 7. The largest absolute Gasteiger partial charge is 0.320 e. The van der Waals surface area contributed by atoms with Gasteiger partial charge >= 0.3 is 0 Å². The fraction of sp³-hybridized carbons (Fsp3) is 0.136. The zero-order chi connectivity index (χ0) is 43.7. The highest BCUT2D eigenvalue weighted by molar-refractivity contribution is 6.12. The maximum absolute atomic E-state index is 5.00. The van der Waals surface area contributed by atoms with Crippen LogP contribution in [0.25, 0.3) is 27.1 Å². The van der Waals surface area contributed by atoms with Crippen molar-refractivity contribution in [2.75, 3.05) is 4.90 Å². The van der Waals surface area contributed by atoms with Crippen molar-refractivity contribution in [3.63, 3.8) is 0 Å². The van der Waals surface area contributed by atoms with E-state index in [9.17, 15) is 0 Å². The summed E-state index contributed by atoms with van der Waals surface area (Å²) in [5, 5.41) is 4.88. The van der Waals surface area contributed by atoms with Crippen molar-refractivity contribution in [2.45, 2.75) is 46.6 Å². The molecule has 0 fully saturated rings. The van der Waals surface area contributed by atoms with Gasteiger partial charge in [-0.3, -0.25) is 4.99 Å². The van der Waals surface area contributed by atoms with Crippen LogP contribution < -0.4 is 4.90 Å². The van der Waals surface area contributed by atoms with Crippen LogP contribution in [0.3, 0.4) is 0 Å². The Labute approximate surface area is 373 Å². The summed E-state index contributed by atoms with van der Waals surface area (Å²) >= 11 is 0. The summed E-state index contributed by atoms with van der Waals surface area (Å²) in [5.41, 5.74) is 13.1. The number of hydrogen-bond acceptors (Lipinski definition) is 2. The first-order valence-electron chi connectivity index (χ1n) is 21.8. The standard InChI is InChI=1S/C50H42N4.C9H12/c1-34-15-13-14-26-54(48-28-36(3)46(32-47(34)48)45-31-41-21-12-11-20-40(41)27-35(45)2)44-25-24-42-29-37(22-23-43(42)30-44)33-52-50(39-18-9-6-10-19-39)53-49(51-4)38-16-7-5-8-17-38;1-8(2)9-6-4-3-5-7-9/h5-31,47H,1,4,32-33H2,2-3H3;3-8H,1-2H3/b15-13-,26-14-,52-50?,53-49?;. The fourth-order valence-corrected chi connectivity index (χ4v) is 8.38. The third kappa shape index (κ3) is 9.88. The Hall–Kier alpha value is -7.43. The Kier molecular flexibility index (Phi) is 13.1. The minimum atomic E-state index is 0.145. The molecule has 2 aliphatic rings. The smallest absolute Gasteiger partial charge is 0.161 e. The lowest BCUT2D eigenvalue weighted by molar-refractivity contribution is 0.718. The molecule has 0 radical (unpaired) electrons. The fourth-order valence-electron chi connectivity index (χ4n) is 8.38. The number of anilines is 1. The second kappa shape index (κ2) is 19.5. The van der Waals surface area contributed by atoms with E-state index in [2.05, 4.69) is 178 Å². The van der Waals surface area contributed by atoms with Crippen molar-refractivity contribution in [1.29, 1.82) is 0 Å². The minimum Gasteiger partial charge on any atom is -0.320 e. The quantitative estimate of drug-likeness (QED) is 0.117. The number of amidine groups is 2. The molecule has 0 aromatic heterocycles. The van der Waals surface area contributed by atoms with E-state index in [-0.39, 0.29) is 5.92 Å². The Morgan fingerprint density at radius 2 is 1.27 bits per heavy atom. The van der Waals surface area contributed by atoms with E-state index in [1.54, 1.807) is 0 Å². The summed E-state index contributed by atoms with van der Waals surface area (Å²) in [6.07, 6.45) is 11.8. The second-order valence-electron chi connectivity index (χ2n) is 16.5. The molecular weight excluding hydrogens is 765 g/mol. The number of fused-ring (bicyclic) bond motifs is 3. The molecule has 1 unspecified atom stereocenters. The molecule has 7 aromatic rings. The van der Waals surface area contributed by atoms with E-state index in [0.29, 0.717) is 24.1 Å². The van der Waals surface area contributed by atoms with Gasteiger partial charge in [0, 0.05) is 34.6 Å². The van der Waals surface area contributed by atoms with Crippen LogP contribution in [0.1, 0.15) is 66.5 Å². The predicted octanol–water partition coefficient (Wildman–Crippen LogP) is 15.0. The monoisotopic (exact) mass is 818 g/mol. The van der Waals surface area contributed by atoms with E-state index in [1.165, 1.54) is 49.7 Å². The third-order valence-electron chi connectivity index (χ3n) is 11.9. The van der Waals surface area contributed by atoms with Crippen molar-refractivity contribution in [3.05, 3.63) is 251 Å². The van der Waals surface area contributed by atoms with Gasteiger partial charge in [0.05, 0.1) is 6.54 Å². The highest BCUT2D eigenvalue weighted by Crippen LogP contribution is 2.44. The van der Waals surface area contributed by atoms with Crippen LogP contribution in [0.15, 0.2) is 233 Å². The van der Waals surface area contributed by atoms with Gasteiger partial charge in [-0.2, -0.15) is 0 Å². The molecule has 1 aliphatic heterocycles. The van der Waals surface area contributed by atoms with Crippen LogP contribution in [0.2, 0.25) is 0 Å². The second-order valence-corrected chi connectivity index (χ2v) is 16.5. The summed E-state index contributed by atoms with van der Waals surface area (Å²) in [6.45, 7) is 17.7. The van der Waals surface area contributed by atoms with Gasteiger partial charge in [0.25, 0.3) is 0 Å². The van der Waals surface area contributed by atoms with Gasteiger partial charge < -0.3 is 4.90 Å². The number of aliphatic imine (C=N–C) groups is 3. The van der Waals surface area contributed by atoms with Gasteiger partial charge in [-0.25, -0.2) is 9.98 Å². The average Bonchev–Trinajstić information content (AvgIpc) is 3.31. The molecule has 0 N–H and O–H groups in total. The molecule has 0 spiro atoms. The molecule has 9 rings (SSSR count). The zero-order valence-corrected chi connectivity index (χ0v) is 36.7. The van der Waals surface area contributed by atoms with Gasteiger partial charge in [-0.05, 0) is 130 Å². The minimum absolute atomic E-state index is 0.145. The topological polar surface area (TPSA) is 40.3 Å². The lowest BCUT2D eigenvalue weighted by Crippen LogP contribution is -2.26. The first kappa shape index (κ1) is 42.3. The van der Waals surface area contributed by atoms with E-state index in [0.717, 1.165) is 39.8 Å². The SMILES string of the molecule is C=NC(=NC(=NCc1ccc2cc(N3/C=C\C=C/C(=C)C4CC(c5cc6ccccc6cc5C)=C(C)C=C43)ccc2c1)c1ccccc1)c1ccccc1.CC(C)c1ccccc1. The van der Waals surface area contributed by atoms with E-state index < -0.39 is 0 Å². The van der Waals surface area contributed by atoms with Crippen LogP contribution in [-0.2, 0) is 6.54 Å². The number of aryl methyl sites for hydroxylation is 1. The molecule has 310 valence electrons. The first-order chi connectivity index (χ1) is 30.7. The molecule has 63 heavy (non-hydrogen) atoms. The maximum Gasteiger partial charge on any atom is 0.161 e. The number of nitrogens with zero attached hydrogens (tertiary/aromatic N) is 4. The number of hydrogen-bond donors (Lipinski definition) is 0. The lowest BCUT2D eigenvalue weighted by Gasteiger charge is -2.36. The third-order valence-corrected chi connectivity index (χ3v) is 11.9. The van der Waals surface area contributed by atoms with Crippen LogP contribution in [0.4, 0.5) is 5.69 Å². The zero-order valence-electron chi connectivity index (χ0n) is 36.7. The lowest BCUT2D eigenvalue weighted by atomic mass is 9.78. The number of benzene rings is 7. The van der Waals surface area contributed by atoms with Crippen LogP contribution in [0, 0.1) is 12.8 Å². The van der Waals surface area contributed by atoms with Crippen LogP contribution in [0.5, 0.6) is 0 Å². The Morgan fingerprint density at radius 3 is 1.94 bits per heavy atom. The molecule has 0 bridgehead atoms. The molecule has 7 aromatic carbocycles. The summed E-state index contributed by atoms with van der Waals surface area (Å²) in [7, 11) is 0. The first-order valence-corrected chi connectivity index (χ1v) is 21.8. The van der Waals surface area contributed by atoms with Gasteiger partial charge in [0.15, 0.2) is 11.7 Å². The molecule has 1 heterocycles. The molecular formula is C59H54N4. The van der Waals surface area contributed by atoms with Crippen LogP contribution >= 0.6 is 0 Å². The molecule has 0 amide bonds. The van der Waals surface area contributed by atoms with Gasteiger partial charge in [-0.15, -0.1) is 0 Å². The van der Waals surface area contributed by atoms with Crippen molar-refractivity contribution in [3.8, 4) is 0 Å². The van der Waals surface area contributed by atoms with Crippen molar-refractivity contribution < 1.29 is 0 Å². The van der Waals surface area contributed by atoms with Gasteiger partial charge in [0.2, 0.25) is 0 Å². The summed E-state index contributed by atoms with van der Waals surface area (Å²) in [6, 6.07) is 57.0. The van der Waals surface area contributed by atoms with Crippen molar-refractivity contribution >= 4 is 51.2 Å². The highest BCUT2D eigenvalue weighted by atomic mass is 15.1. The maximum atomic E-state index is 5.00. The average molecular weight is 819 g/mol. The van der Waals surface area contributed by atoms with E-state index >= 15 is 0 Å². The molecule has 4 heteroatoms. The van der Waals surface area contributed by atoms with Crippen molar-refractivity contribution in [2.24, 2.45) is 20.9 Å². The summed E-state index contributed by atoms with van der Waals surface area (Å²) in [5.74, 6) is 1.97.